The number of fused-ring (bicyclic) bond motifs is 2. The maximum Gasteiger partial charge on any atom is 0.0307 e. The highest BCUT2D eigenvalue weighted by Crippen LogP contribution is 2.51. The lowest BCUT2D eigenvalue weighted by molar-refractivity contribution is 0.00165. The number of nitrogens with two attached hydrogens (primary N) is 2. The molecule has 2 heteroatoms. The SMILES string of the molecule is CC1(C)CC[C@@H]2C[C@H]1C[C@@H](N)[C@@]2(C)N. The van der Waals surface area contributed by atoms with E-state index in [-0.39, 0.29) is 11.6 Å². The van der Waals surface area contributed by atoms with Crippen molar-refractivity contribution in [1.82, 2.24) is 0 Å². The van der Waals surface area contributed by atoms with Gasteiger partial charge >= 0.3 is 0 Å². The van der Waals surface area contributed by atoms with Gasteiger partial charge < -0.3 is 11.5 Å². The summed E-state index contributed by atoms with van der Waals surface area (Å²) < 4.78 is 0. The average Bonchev–Trinajstić information content (AvgIpc) is 2.06. The molecule has 2 saturated carbocycles. The van der Waals surface area contributed by atoms with Crippen LogP contribution in [0.15, 0.2) is 0 Å². The van der Waals surface area contributed by atoms with Crippen molar-refractivity contribution in [2.24, 2.45) is 28.7 Å². The molecule has 0 aliphatic heterocycles. The van der Waals surface area contributed by atoms with E-state index in [2.05, 4.69) is 20.8 Å². The highest BCUT2D eigenvalue weighted by molar-refractivity contribution is 5.06. The Balaban J connectivity index is 2.21. The summed E-state index contributed by atoms with van der Waals surface area (Å²) in [5.74, 6) is 1.46. The standard InChI is InChI=1S/C12H24N2/c1-11(2)5-4-8-6-9(11)7-10(13)12(8,3)14/h8-10H,4-7,13-14H2,1-3H3/t8-,9+,10-,12+/m1/s1. The molecule has 0 spiro atoms. The molecule has 0 aromatic heterocycles. The van der Waals surface area contributed by atoms with E-state index in [1.807, 2.05) is 0 Å². The van der Waals surface area contributed by atoms with E-state index in [1.165, 1.54) is 19.3 Å². The summed E-state index contributed by atoms with van der Waals surface area (Å²) in [4.78, 5) is 0. The molecule has 0 aromatic rings. The Morgan fingerprint density at radius 2 is 1.71 bits per heavy atom. The molecule has 0 unspecified atom stereocenters. The van der Waals surface area contributed by atoms with E-state index in [9.17, 15) is 0 Å². The third kappa shape index (κ3) is 1.40. The zero-order valence-electron chi connectivity index (χ0n) is 9.72. The Morgan fingerprint density at radius 1 is 1.07 bits per heavy atom. The zero-order chi connectivity index (χ0) is 10.6. The molecule has 2 aliphatic rings. The van der Waals surface area contributed by atoms with Gasteiger partial charge in [0.2, 0.25) is 0 Å². The monoisotopic (exact) mass is 196 g/mol. The van der Waals surface area contributed by atoms with Crippen molar-refractivity contribution >= 4 is 0 Å². The Morgan fingerprint density at radius 3 is 2.36 bits per heavy atom. The minimum atomic E-state index is -0.118. The van der Waals surface area contributed by atoms with Crippen LogP contribution in [0.1, 0.15) is 46.5 Å². The first-order chi connectivity index (χ1) is 6.34. The van der Waals surface area contributed by atoms with Gasteiger partial charge in [0, 0.05) is 11.6 Å². The summed E-state index contributed by atoms with van der Waals surface area (Å²) in [5.41, 5.74) is 12.9. The predicted molar refractivity (Wildman–Crippen MR) is 59.8 cm³/mol. The van der Waals surface area contributed by atoms with Crippen LogP contribution in [-0.2, 0) is 0 Å². The van der Waals surface area contributed by atoms with E-state index in [0.717, 1.165) is 12.3 Å². The van der Waals surface area contributed by atoms with Crippen molar-refractivity contribution in [3.05, 3.63) is 0 Å². The number of hydrogen-bond donors (Lipinski definition) is 2. The van der Waals surface area contributed by atoms with Crippen LogP contribution in [0.3, 0.4) is 0 Å². The molecular weight excluding hydrogens is 172 g/mol. The first kappa shape index (κ1) is 10.4. The minimum absolute atomic E-state index is 0.118. The van der Waals surface area contributed by atoms with Gasteiger partial charge in [0.1, 0.15) is 0 Å². The second-order valence-electron chi connectivity index (χ2n) is 6.37. The second kappa shape index (κ2) is 2.96. The van der Waals surface area contributed by atoms with Crippen LogP contribution in [0, 0.1) is 17.3 Å². The molecule has 0 saturated heterocycles. The van der Waals surface area contributed by atoms with Crippen LogP contribution in [0.25, 0.3) is 0 Å². The van der Waals surface area contributed by atoms with Crippen molar-refractivity contribution in [2.45, 2.75) is 58.0 Å². The summed E-state index contributed by atoms with van der Waals surface area (Å²) in [6.07, 6.45) is 5.01. The summed E-state index contributed by atoms with van der Waals surface area (Å²) in [7, 11) is 0. The zero-order valence-corrected chi connectivity index (χ0v) is 9.72. The van der Waals surface area contributed by atoms with E-state index in [4.69, 9.17) is 11.5 Å². The average molecular weight is 196 g/mol. The molecule has 2 aliphatic carbocycles. The van der Waals surface area contributed by atoms with Gasteiger partial charge in [-0.25, -0.2) is 0 Å². The summed E-state index contributed by atoms with van der Waals surface area (Å²) in [6, 6.07) is 0.200. The van der Waals surface area contributed by atoms with E-state index < -0.39 is 0 Å². The van der Waals surface area contributed by atoms with Crippen LogP contribution in [0.2, 0.25) is 0 Å². The lowest BCUT2D eigenvalue weighted by atomic mass is 9.54. The predicted octanol–water partition coefficient (Wildman–Crippen LogP) is 1.88. The van der Waals surface area contributed by atoms with Gasteiger partial charge in [-0.15, -0.1) is 0 Å². The molecule has 2 bridgehead atoms. The summed E-state index contributed by atoms with van der Waals surface area (Å²) in [5, 5.41) is 0. The highest BCUT2D eigenvalue weighted by atomic mass is 14.9. The van der Waals surface area contributed by atoms with Gasteiger partial charge in [-0.3, -0.25) is 0 Å². The van der Waals surface area contributed by atoms with Gasteiger partial charge in [-0.1, -0.05) is 13.8 Å². The first-order valence-corrected chi connectivity index (χ1v) is 5.88. The van der Waals surface area contributed by atoms with Gasteiger partial charge in [0.15, 0.2) is 0 Å². The van der Waals surface area contributed by atoms with Crippen LogP contribution < -0.4 is 11.5 Å². The Labute approximate surface area is 87.4 Å². The van der Waals surface area contributed by atoms with Gasteiger partial charge in [0.25, 0.3) is 0 Å². The Bertz CT molecular complexity index is 230. The molecule has 82 valence electrons. The molecule has 0 amide bonds. The van der Waals surface area contributed by atoms with Crippen LogP contribution in [0.5, 0.6) is 0 Å². The van der Waals surface area contributed by atoms with Crippen molar-refractivity contribution in [1.29, 1.82) is 0 Å². The third-order valence-corrected chi connectivity index (χ3v) is 5.03. The quantitative estimate of drug-likeness (QED) is 0.621. The van der Waals surface area contributed by atoms with Crippen molar-refractivity contribution in [3.63, 3.8) is 0 Å². The Hall–Kier alpha value is -0.0800. The van der Waals surface area contributed by atoms with Gasteiger partial charge in [-0.2, -0.15) is 0 Å². The lowest BCUT2D eigenvalue weighted by Crippen LogP contribution is -2.64. The number of rotatable bonds is 0. The Kier molecular flexibility index (Phi) is 2.20. The second-order valence-corrected chi connectivity index (χ2v) is 6.37. The summed E-state index contributed by atoms with van der Waals surface area (Å²) >= 11 is 0. The molecule has 4 atom stereocenters. The minimum Gasteiger partial charge on any atom is -0.326 e. The maximum atomic E-state index is 6.34. The molecule has 0 radical (unpaired) electrons. The van der Waals surface area contributed by atoms with Crippen LogP contribution in [0.4, 0.5) is 0 Å². The molecule has 2 fully saturated rings. The molecule has 0 heterocycles. The smallest absolute Gasteiger partial charge is 0.0307 e. The lowest BCUT2D eigenvalue weighted by Gasteiger charge is -2.55. The fourth-order valence-corrected chi connectivity index (χ4v) is 3.37. The molecule has 4 N–H and O–H groups in total. The molecule has 0 aromatic carbocycles. The van der Waals surface area contributed by atoms with E-state index in [0.29, 0.717) is 11.3 Å². The molecule has 2 nitrogen and oxygen atoms in total. The van der Waals surface area contributed by atoms with E-state index >= 15 is 0 Å². The first-order valence-electron chi connectivity index (χ1n) is 5.88. The third-order valence-electron chi connectivity index (χ3n) is 5.03. The van der Waals surface area contributed by atoms with Crippen molar-refractivity contribution in [2.75, 3.05) is 0 Å². The largest absolute Gasteiger partial charge is 0.326 e. The van der Waals surface area contributed by atoms with Crippen molar-refractivity contribution in [3.8, 4) is 0 Å². The van der Waals surface area contributed by atoms with E-state index in [1.54, 1.807) is 0 Å². The molecule has 2 rings (SSSR count). The van der Waals surface area contributed by atoms with Crippen LogP contribution >= 0.6 is 0 Å². The van der Waals surface area contributed by atoms with Crippen LogP contribution in [-0.4, -0.2) is 11.6 Å². The molecular formula is C12H24N2. The van der Waals surface area contributed by atoms with Gasteiger partial charge in [0.05, 0.1) is 0 Å². The summed E-state index contributed by atoms with van der Waals surface area (Å²) in [6.45, 7) is 6.93. The maximum absolute atomic E-state index is 6.34. The fraction of sp³-hybridized carbons (Fsp3) is 1.00. The normalized spacial score (nSPS) is 51.6. The number of hydrogen-bond acceptors (Lipinski definition) is 2. The molecule has 14 heavy (non-hydrogen) atoms. The van der Waals surface area contributed by atoms with Gasteiger partial charge in [-0.05, 0) is 49.9 Å². The highest BCUT2D eigenvalue weighted by Gasteiger charge is 2.49. The topological polar surface area (TPSA) is 52.0 Å². The van der Waals surface area contributed by atoms with Crippen molar-refractivity contribution < 1.29 is 0 Å². The fourth-order valence-electron chi connectivity index (χ4n) is 3.37.